The molecule has 0 spiro atoms. The van der Waals surface area contributed by atoms with E-state index in [1.54, 1.807) is 0 Å². The fourth-order valence-electron chi connectivity index (χ4n) is 3.32. The molecule has 3 rings (SSSR count). The van der Waals surface area contributed by atoms with Crippen LogP contribution in [0, 0.1) is 0 Å². The van der Waals surface area contributed by atoms with Crippen LogP contribution in [-0.2, 0) is 6.42 Å². The number of carbonyl (C=O) groups is 1. The van der Waals surface area contributed by atoms with Crippen LogP contribution < -0.4 is 5.32 Å². The maximum absolute atomic E-state index is 12.5. The standard InChI is InChI=1S/C17H25N3O2/c21-16(20-12-8-18-9-13-20)19-10-6-17(22,7-11-19)14-15-4-2-1-3-5-15/h1-5,18,22H,6-14H2. The maximum Gasteiger partial charge on any atom is 0.320 e. The van der Waals surface area contributed by atoms with E-state index >= 15 is 0 Å². The zero-order valence-electron chi connectivity index (χ0n) is 13.0. The Morgan fingerprint density at radius 1 is 1.05 bits per heavy atom. The van der Waals surface area contributed by atoms with Gasteiger partial charge in [-0.3, -0.25) is 0 Å². The highest BCUT2D eigenvalue weighted by Crippen LogP contribution is 2.27. The molecule has 0 atom stereocenters. The van der Waals surface area contributed by atoms with E-state index in [1.807, 2.05) is 28.0 Å². The molecule has 2 aliphatic rings. The molecule has 2 fully saturated rings. The van der Waals surface area contributed by atoms with Crippen LogP contribution in [-0.4, -0.2) is 65.8 Å². The van der Waals surface area contributed by atoms with Crippen LogP contribution in [0.15, 0.2) is 30.3 Å². The van der Waals surface area contributed by atoms with Gasteiger partial charge in [-0.05, 0) is 18.4 Å². The number of piperidine rings is 1. The van der Waals surface area contributed by atoms with Gasteiger partial charge in [-0.2, -0.15) is 0 Å². The molecule has 0 radical (unpaired) electrons. The molecule has 1 aromatic rings. The first kappa shape index (κ1) is 15.3. The second kappa shape index (κ2) is 6.67. The number of nitrogens with zero attached hydrogens (tertiary/aromatic N) is 2. The molecule has 22 heavy (non-hydrogen) atoms. The Kier molecular flexibility index (Phi) is 4.64. The monoisotopic (exact) mass is 303 g/mol. The summed E-state index contributed by atoms with van der Waals surface area (Å²) in [5.41, 5.74) is 0.480. The van der Waals surface area contributed by atoms with Crippen molar-refractivity contribution in [2.24, 2.45) is 0 Å². The molecule has 2 aliphatic heterocycles. The van der Waals surface area contributed by atoms with Crippen LogP contribution in [0.3, 0.4) is 0 Å². The van der Waals surface area contributed by atoms with E-state index in [0.29, 0.717) is 32.4 Å². The highest BCUT2D eigenvalue weighted by atomic mass is 16.3. The van der Waals surface area contributed by atoms with E-state index in [2.05, 4.69) is 17.4 Å². The number of urea groups is 1. The van der Waals surface area contributed by atoms with E-state index in [1.165, 1.54) is 0 Å². The smallest absolute Gasteiger partial charge is 0.320 e. The molecule has 0 aromatic heterocycles. The first-order valence-electron chi connectivity index (χ1n) is 8.17. The van der Waals surface area contributed by atoms with Gasteiger partial charge in [0, 0.05) is 45.7 Å². The van der Waals surface area contributed by atoms with Crippen molar-refractivity contribution in [2.75, 3.05) is 39.3 Å². The van der Waals surface area contributed by atoms with Crippen molar-refractivity contribution in [3.8, 4) is 0 Å². The van der Waals surface area contributed by atoms with Crippen LogP contribution in [0.2, 0.25) is 0 Å². The third-order valence-electron chi connectivity index (χ3n) is 4.73. The average molecular weight is 303 g/mol. The third kappa shape index (κ3) is 3.59. The normalized spacial score (nSPS) is 21.7. The summed E-state index contributed by atoms with van der Waals surface area (Å²) >= 11 is 0. The Bertz CT molecular complexity index is 492. The summed E-state index contributed by atoms with van der Waals surface area (Å²) in [6.45, 7) is 4.60. The van der Waals surface area contributed by atoms with Gasteiger partial charge in [0.15, 0.2) is 0 Å². The van der Waals surface area contributed by atoms with Crippen molar-refractivity contribution in [2.45, 2.75) is 24.9 Å². The first-order chi connectivity index (χ1) is 10.7. The predicted octanol–water partition coefficient (Wildman–Crippen LogP) is 1.08. The topological polar surface area (TPSA) is 55.8 Å². The van der Waals surface area contributed by atoms with E-state index < -0.39 is 5.60 Å². The van der Waals surface area contributed by atoms with Gasteiger partial charge in [0.1, 0.15) is 0 Å². The second-order valence-corrected chi connectivity index (χ2v) is 6.39. The predicted molar refractivity (Wildman–Crippen MR) is 85.7 cm³/mol. The number of hydrogen-bond donors (Lipinski definition) is 2. The highest BCUT2D eigenvalue weighted by molar-refractivity contribution is 5.74. The van der Waals surface area contributed by atoms with E-state index in [9.17, 15) is 9.90 Å². The Hall–Kier alpha value is -1.59. The van der Waals surface area contributed by atoms with Gasteiger partial charge in [0.2, 0.25) is 0 Å². The van der Waals surface area contributed by atoms with Crippen molar-refractivity contribution in [1.82, 2.24) is 15.1 Å². The summed E-state index contributed by atoms with van der Waals surface area (Å²) < 4.78 is 0. The Balaban J connectivity index is 1.54. The minimum Gasteiger partial charge on any atom is -0.389 e. The van der Waals surface area contributed by atoms with Gasteiger partial charge in [0.05, 0.1) is 5.60 Å². The van der Waals surface area contributed by atoms with E-state index in [0.717, 1.165) is 31.7 Å². The molecular weight excluding hydrogens is 278 g/mol. The lowest BCUT2D eigenvalue weighted by atomic mass is 9.85. The Labute approximate surface area is 131 Å². The molecule has 1 aromatic carbocycles. The molecule has 120 valence electrons. The number of benzene rings is 1. The minimum absolute atomic E-state index is 0.128. The second-order valence-electron chi connectivity index (χ2n) is 6.39. The number of nitrogens with one attached hydrogen (secondary N) is 1. The molecule has 5 nitrogen and oxygen atoms in total. The summed E-state index contributed by atoms with van der Waals surface area (Å²) in [4.78, 5) is 16.3. The molecule has 0 aliphatic carbocycles. The molecule has 5 heteroatoms. The summed E-state index contributed by atoms with van der Waals surface area (Å²) in [5, 5.41) is 14.0. The molecule has 0 bridgehead atoms. The van der Waals surface area contributed by atoms with Crippen molar-refractivity contribution in [3.05, 3.63) is 35.9 Å². The number of piperazine rings is 1. The molecular formula is C17H25N3O2. The Morgan fingerprint density at radius 2 is 1.64 bits per heavy atom. The number of likely N-dealkylation sites (tertiary alicyclic amines) is 1. The number of carbonyl (C=O) groups excluding carboxylic acids is 1. The van der Waals surface area contributed by atoms with Crippen LogP contribution >= 0.6 is 0 Å². The lowest BCUT2D eigenvalue weighted by Crippen LogP contribution is -2.55. The van der Waals surface area contributed by atoms with Crippen LogP contribution in [0.25, 0.3) is 0 Å². The fourth-order valence-corrected chi connectivity index (χ4v) is 3.32. The lowest BCUT2D eigenvalue weighted by molar-refractivity contribution is -0.0149. The summed E-state index contributed by atoms with van der Waals surface area (Å²) in [6.07, 6.45) is 1.98. The third-order valence-corrected chi connectivity index (χ3v) is 4.73. The SMILES string of the molecule is O=C(N1CCNCC1)N1CCC(O)(Cc2ccccc2)CC1. The quantitative estimate of drug-likeness (QED) is 0.860. The van der Waals surface area contributed by atoms with Crippen LogP contribution in [0.4, 0.5) is 4.79 Å². The molecule has 0 unspecified atom stereocenters. The number of amides is 2. The van der Waals surface area contributed by atoms with Gasteiger partial charge in [-0.15, -0.1) is 0 Å². The lowest BCUT2D eigenvalue weighted by Gasteiger charge is -2.41. The van der Waals surface area contributed by atoms with Gasteiger partial charge < -0.3 is 20.2 Å². The summed E-state index contributed by atoms with van der Waals surface area (Å²) in [5.74, 6) is 0. The van der Waals surface area contributed by atoms with Gasteiger partial charge in [-0.25, -0.2) is 4.79 Å². The van der Waals surface area contributed by atoms with Crippen molar-refractivity contribution < 1.29 is 9.90 Å². The zero-order chi connectivity index (χ0) is 15.4. The largest absolute Gasteiger partial charge is 0.389 e. The maximum atomic E-state index is 12.5. The fraction of sp³-hybridized carbons (Fsp3) is 0.588. The molecule has 2 amide bonds. The van der Waals surface area contributed by atoms with Crippen LogP contribution in [0.5, 0.6) is 0 Å². The van der Waals surface area contributed by atoms with E-state index in [-0.39, 0.29) is 6.03 Å². The van der Waals surface area contributed by atoms with Crippen molar-refractivity contribution in [1.29, 1.82) is 0 Å². The van der Waals surface area contributed by atoms with E-state index in [4.69, 9.17) is 0 Å². The summed E-state index contributed by atoms with van der Waals surface area (Å²) in [7, 11) is 0. The summed E-state index contributed by atoms with van der Waals surface area (Å²) in [6, 6.07) is 10.2. The number of aliphatic hydroxyl groups is 1. The average Bonchev–Trinajstić information content (AvgIpc) is 2.56. The number of hydrogen-bond acceptors (Lipinski definition) is 3. The first-order valence-corrected chi connectivity index (χ1v) is 8.17. The highest BCUT2D eigenvalue weighted by Gasteiger charge is 2.35. The molecule has 2 heterocycles. The molecule has 2 N–H and O–H groups in total. The molecule has 0 saturated carbocycles. The number of rotatable bonds is 2. The van der Waals surface area contributed by atoms with Crippen LogP contribution in [0.1, 0.15) is 18.4 Å². The van der Waals surface area contributed by atoms with Gasteiger partial charge >= 0.3 is 6.03 Å². The van der Waals surface area contributed by atoms with Gasteiger partial charge in [-0.1, -0.05) is 30.3 Å². The molecule has 2 saturated heterocycles. The zero-order valence-corrected chi connectivity index (χ0v) is 13.0. The van der Waals surface area contributed by atoms with Crippen molar-refractivity contribution >= 4 is 6.03 Å². The Morgan fingerprint density at radius 3 is 2.27 bits per heavy atom. The van der Waals surface area contributed by atoms with Crippen molar-refractivity contribution in [3.63, 3.8) is 0 Å². The minimum atomic E-state index is -0.679. The van der Waals surface area contributed by atoms with Gasteiger partial charge in [0.25, 0.3) is 0 Å².